The maximum absolute atomic E-state index is 10.1. The molecule has 0 saturated heterocycles. The number of nitrogen functional groups attached to an aromatic ring is 1. The average Bonchev–Trinajstić information content (AvgIpc) is 3.13. The molecule has 0 fully saturated rings. The fourth-order valence-electron chi connectivity index (χ4n) is 3.28. The van der Waals surface area contributed by atoms with Crippen LogP contribution in [0.15, 0.2) is 36.8 Å². The number of nitriles is 2. The Labute approximate surface area is 177 Å². The van der Waals surface area contributed by atoms with Gasteiger partial charge >= 0.3 is 0 Å². The van der Waals surface area contributed by atoms with Crippen LogP contribution in [-0.4, -0.2) is 29.7 Å². The molecular weight excluding hydrogens is 394 g/mol. The molecule has 0 aliphatic carbocycles. The Morgan fingerprint density at radius 1 is 1.19 bits per heavy atom. The zero-order valence-corrected chi connectivity index (χ0v) is 16.7. The average molecular weight is 411 g/mol. The molecule has 1 atom stereocenters. The van der Waals surface area contributed by atoms with Gasteiger partial charge in [0.05, 0.1) is 28.9 Å². The summed E-state index contributed by atoms with van der Waals surface area (Å²) in [4.78, 5) is 12.7. The van der Waals surface area contributed by atoms with E-state index in [0.717, 1.165) is 11.1 Å². The van der Waals surface area contributed by atoms with Crippen molar-refractivity contribution in [3.63, 3.8) is 0 Å². The highest BCUT2D eigenvalue weighted by Gasteiger charge is 2.19. The molecule has 0 aliphatic heterocycles. The molecule has 1 aromatic carbocycles. The predicted octanol–water partition coefficient (Wildman–Crippen LogP) is 2.70. The summed E-state index contributed by atoms with van der Waals surface area (Å²) >= 11 is 0. The largest absolute Gasteiger partial charge is 0.508 e. The van der Waals surface area contributed by atoms with E-state index in [1.165, 1.54) is 12.4 Å². The molecule has 4 aromatic rings. The number of nitrogens with one attached hydrogen (secondary N) is 1. The van der Waals surface area contributed by atoms with E-state index in [2.05, 4.69) is 20.4 Å². The van der Waals surface area contributed by atoms with E-state index < -0.39 is 6.04 Å². The van der Waals surface area contributed by atoms with Gasteiger partial charge in [0.2, 0.25) is 0 Å². The van der Waals surface area contributed by atoms with Gasteiger partial charge in [0.15, 0.2) is 5.82 Å². The van der Waals surface area contributed by atoms with Crippen LogP contribution < -0.4 is 11.1 Å². The fraction of sp³-hybridized carbons (Fsp3) is 0.143. The third-order valence-corrected chi connectivity index (χ3v) is 4.78. The van der Waals surface area contributed by atoms with E-state index in [1.54, 1.807) is 16.6 Å². The second-order valence-corrected chi connectivity index (χ2v) is 6.95. The smallest absolute Gasteiger partial charge is 0.171 e. The van der Waals surface area contributed by atoms with E-state index >= 15 is 0 Å². The van der Waals surface area contributed by atoms with Crippen molar-refractivity contribution in [2.24, 2.45) is 0 Å². The molecule has 0 saturated carbocycles. The molecule has 0 spiro atoms. The minimum Gasteiger partial charge on any atom is -0.508 e. The van der Waals surface area contributed by atoms with Crippen LogP contribution >= 0.6 is 0 Å². The van der Waals surface area contributed by atoms with Gasteiger partial charge in [0, 0.05) is 11.8 Å². The first-order valence-electron chi connectivity index (χ1n) is 9.28. The summed E-state index contributed by atoms with van der Waals surface area (Å²) < 4.78 is 1.70. The third-order valence-electron chi connectivity index (χ3n) is 4.78. The Bertz CT molecular complexity index is 1390. The number of hydrogen-bond acceptors (Lipinski definition) is 9. The molecule has 31 heavy (non-hydrogen) atoms. The number of benzene rings is 1. The molecule has 152 valence electrons. The number of nitrogens with zero attached hydrogens (tertiary/aromatic N) is 7. The monoisotopic (exact) mass is 411 g/mol. The van der Waals surface area contributed by atoms with Crippen LogP contribution in [0, 0.1) is 29.6 Å². The zero-order valence-electron chi connectivity index (χ0n) is 16.7. The fourth-order valence-corrected chi connectivity index (χ4v) is 3.28. The van der Waals surface area contributed by atoms with Crippen LogP contribution in [-0.2, 0) is 0 Å². The number of hydrogen-bond donors (Lipinski definition) is 3. The Hall–Kier alpha value is -4.70. The molecule has 3 heterocycles. The first kappa shape index (κ1) is 19.6. The molecular formula is C21H17N9O. The number of fused-ring (bicyclic) bond motifs is 1. The summed E-state index contributed by atoms with van der Waals surface area (Å²) in [7, 11) is 0. The van der Waals surface area contributed by atoms with Crippen molar-refractivity contribution in [1.82, 2.24) is 24.6 Å². The second kappa shape index (κ2) is 7.61. The lowest BCUT2D eigenvalue weighted by molar-refractivity contribution is 0.475. The Morgan fingerprint density at radius 3 is 2.74 bits per heavy atom. The highest BCUT2D eigenvalue weighted by atomic mass is 16.3. The number of anilines is 2. The number of rotatable bonds is 4. The van der Waals surface area contributed by atoms with E-state index in [-0.39, 0.29) is 22.9 Å². The van der Waals surface area contributed by atoms with Crippen LogP contribution in [0.2, 0.25) is 0 Å². The molecule has 4 N–H and O–H groups in total. The molecule has 3 aromatic heterocycles. The highest BCUT2D eigenvalue weighted by molar-refractivity contribution is 5.80. The van der Waals surface area contributed by atoms with E-state index in [1.807, 2.05) is 38.2 Å². The molecule has 4 rings (SSSR count). The lowest BCUT2D eigenvalue weighted by Crippen LogP contribution is -2.16. The lowest BCUT2D eigenvalue weighted by Gasteiger charge is -2.16. The van der Waals surface area contributed by atoms with Crippen LogP contribution in [0.1, 0.15) is 35.5 Å². The zero-order chi connectivity index (χ0) is 22.1. The van der Waals surface area contributed by atoms with Crippen LogP contribution in [0.4, 0.5) is 11.6 Å². The normalized spacial score (nSPS) is 11.6. The molecule has 0 bridgehead atoms. The minimum absolute atomic E-state index is 0.0298. The van der Waals surface area contributed by atoms with Crippen molar-refractivity contribution in [2.45, 2.75) is 19.9 Å². The Morgan fingerprint density at radius 2 is 2.00 bits per heavy atom. The summed E-state index contributed by atoms with van der Waals surface area (Å²) in [6, 6.07) is 10.1. The summed E-state index contributed by atoms with van der Waals surface area (Å²) in [6.07, 6.45) is 3.08. The molecule has 0 amide bonds. The molecule has 0 unspecified atom stereocenters. The first-order chi connectivity index (χ1) is 14.9. The van der Waals surface area contributed by atoms with Gasteiger partial charge in [-0.1, -0.05) is 0 Å². The van der Waals surface area contributed by atoms with Gasteiger partial charge in [0.1, 0.15) is 35.3 Å². The van der Waals surface area contributed by atoms with Crippen molar-refractivity contribution in [1.29, 1.82) is 10.5 Å². The first-order valence-corrected chi connectivity index (χ1v) is 9.28. The second-order valence-electron chi connectivity index (χ2n) is 6.95. The number of phenols is 1. The van der Waals surface area contributed by atoms with Gasteiger partial charge in [-0.25, -0.2) is 19.5 Å². The maximum Gasteiger partial charge on any atom is 0.171 e. The summed E-state index contributed by atoms with van der Waals surface area (Å²) in [5, 5.41) is 36.4. The molecule has 0 aliphatic rings. The van der Waals surface area contributed by atoms with Crippen LogP contribution in [0.3, 0.4) is 0 Å². The number of aromatic nitrogens is 5. The van der Waals surface area contributed by atoms with Crippen molar-refractivity contribution in [3.8, 4) is 29.1 Å². The third kappa shape index (κ3) is 3.54. The topological polar surface area (TPSA) is 162 Å². The lowest BCUT2D eigenvalue weighted by atomic mass is 10.1. The van der Waals surface area contributed by atoms with Crippen LogP contribution in [0.25, 0.3) is 16.8 Å². The van der Waals surface area contributed by atoms with Crippen molar-refractivity contribution in [3.05, 3.63) is 59.3 Å². The SMILES string of the molecule is Cc1ccn2nc([C@H](C)Nc3ncnc(N)c3C#N)nc(-c3cc(O)cc(C#N)c3)c12. The van der Waals surface area contributed by atoms with E-state index in [9.17, 15) is 15.6 Å². The molecule has 0 radical (unpaired) electrons. The minimum atomic E-state index is -0.444. The number of nitrogens with two attached hydrogens (primary N) is 1. The van der Waals surface area contributed by atoms with Crippen molar-refractivity contribution < 1.29 is 5.11 Å². The molecule has 10 nitrogen and oxygen atoms in total. The summed E-state index contributed by atoms with van der Waals surface area (Å²) in [5.74, 6) is 0.744. The van der Waals surface area contributed by atoms with Crippen LogP contribution in [0.5, 0.6) is 5.75 Å². The van der Waals surface area contributed by atoms with Gasteiger partial charge in [-0.2, -0.15) is 15.6 Å². The number of aromatic hydroxyl groups is 1. The van der Waals surface area contributed by atoms with E-state index in [0.29, 0.717) is 22.6 Å². The number of aryl methyl sites for hydroxylation is 1. The highest BCUT2D eigenvalue weighted by Crippen LogP contribution is 2.30. The predicted molar refractivity (Wildman–Crippen MR) is 113 cm³/mol. The van der Waals surface area contributed by atoms with Gasteiger partial charge in [-0.3, -0.25) is 0 Å². The Balaban J connectivity index is 1.84. The van der Waals surface area contributed by atoms with E-state index in [4.69, 9.17) is 10.7 Å². The number of phenolic OH excluding ortho intramolecular Hbond substituents is 1. The van der Waals surface area contributed by atoms with Crippen molar-refractivity contribution in [2.75, 3.05) is 11.1 Å². The molecule has 10 heteroatoms. The summed E-state index contributed by atoms with van der Waals surface area (Å²) in [5.41, 5.74) is 9.08. The van der Waals surface area contributed by atoms with Gasteiger partial charge in [0.25, 0.3) is 0 Å². The maximum atomic E-state index is 10.1. The van der Waals surface area contributed by atoms with Gasteiger partial charge < -0.3 is 16.2 Å². The van der Waals surface area contributed by atoms with Gasteiger partial charge in [-0.05, 0) is 43.7 Å². The van der Waals surface area contributed by atoms with Crippen molar-refractivity contribution >= 4 is 17.2 Å². The standard InChI is InChI=1S/C21H17N9O/c1-11-3-4-30-18(11)17(14-5-13(8-22)6-15(31)7-14)28-20(29-30)12(2)27-21-16(9-23)19(24)25-10-26-21/h3-7,10,12,31H,1-2H3,(H3,24,25,26,27)/t12-/m0/s1. The quantitative estimate of drug-likeness (QED) is 0.458. The van der Waals surface area contributed by atoms with Gasteiger partial charge in [-0.15, -0.1) is 0 Å². The summed E-state index contributed by atoms with van der Waals surface area (Å²) in [6.45, 7) is 3.75. The Kier molecular flexibility index (Phi) is 4.82.